The summed E-state index contributed by atoms with van der Waals surface area (Å²) in [7, 11) is 0. The number of alkyl halides is 3. The van der Waals surface area contributed by atoms with Crippen LogP contribution in [0.5, 0.6) is 0 Å². The number of amides is 2. The molecule has 1 atom stereocenters. The zero-order valence-corrected chi connectivity index (χ0v) is 11.7. The Morgan fingerprint density at radius 1 is 1.24 bits per heavy atom. The fraction of sp³-hybridized carbons (Fsp3) is 0.429. The van der Waals surface area contributed by atoms with Crippen LogP contribution in [0.3, 0.4) is 0 Å². The molecule has 1 rings (SSSR count). The summed E-state index contributed by atoms with van der Waals surface area (Å²) in [5, 5.41) is 2.36. The third kappa shape index (κ3) is 4.77. The van der Waals surface area contributed by atoms with Gasteiger partial charge in [-0.05, 0) is 11.6 Å². The molecule has 1 aromatic carbocycles. The molecule has 0 radical (unpaired) electrons. The Balaban J connectivity index is 3.01. The number of benzene rings is 1. The van der Waals surface area contributed by atoms with Gasteiger partial charge < -0.3 is 11.1 Å². The maximum absolute atomic E-state index is 12.9. The van der Waals surface area contributed by atoms with Crippen LogP contribution in [0.25, 0.3) is 0 Å². The van der Waals surface area contributed by atoms with Crippen molar-refractivity contribution in [3.63, 3.8) is 0 Å². The average molecular weight is 302 g/mol. The first kappa shape index (κ1) is 17.0. The molecular formula is C14H17F3N2O2. The molecule has 116 valence electrons. The fourth-order valence-corrected chi connectivity index (χ4v) is 1.76. The van der Waals surface area contributed by atoms with Gasteiger partial charge in [0.1, 0.15) is 6.04 Å². The van der Waals surface area contributed by atoms with E-state index in [4.69, 9.17) is 5.73 Å². The Kier molecular flexibility index (Phi) is 5.34. The highest BCUT2D eigenvalue weighted by molar-refractivity contribution is 5.87. The summed E-state index contributed by atoms with van der Waals surface area (Å²) >= 11 is 0. The highest BCUT2D eigenvalue weighted by Crippen LogP contribution is 2.32. The van der Waals surface area contributed by atoms with E-state index in [-0.39, 0.29) is 12.0 Å². The molecule has 0 aliphatic carbocycles. The molecule has 0 bridgehead atoms. The Bertz CT molecular complexity index is 527. The Morgan fingerprint density at radius 2 is 1.81 bits per heavy atom. The van der Waals surface area contributed by atoms with Crippen LogP contribution in [0, 0.1) is 5.92 Å². The highest BCUT2D eigenvalue weighted by Gasteiger charge is 2.34. The lowest BCUT2D eigenvalue weighted by atomic mass is 9.99. The van der Waals surface area contributed by atoms with Crippen LogP contribution in [0.15, 0.2) is 24.3 Å². The minimum absolute atomic E-state index is 0.0853. The number of primary amides is 1. The first-order valence-electron chi connectivity index (χ1n) is 6.37. The molecule has 0 aromatic heterocycles. The van der Waals surface area contributed by atoms with E-state index in [1.54, 1.807) is 13.8 Å². The molecular weight excluding hydrogens is 285 g/mol. The smallest absolute Gasteiger partial charge is 0.368 e. The lowest BCUT2D eigenvalue weighted by Crippen LogP contribution is -2.47. The molecule has 0 aliphatic rings. The van der Waals surface area contributed by atoms with Gasteiger partial charge in [0.25, 0.3) is 0 Å². The molecule has 0 heterocycles. The number of rotatable bonds is 5. The second-order valence-corrected chi connectivity index (χ2v) is 4.98. The van der Waals surface area contributed by atoms with E-state index in [0.717, 1.165) is 6.07 Å². The normalized spacial score (nSPS) is 13.0. The van der Waals surface area contributed by atoms with Crippen molar-refractivity contribution >= 4 is 11.8 Å². The molecule has 4 nitrogen and oxygen atoms in total. The van der Waals surface area contributed by atoms with Crippen LogP contribution in [0.2, 0.25) is 0 Å². The van der Waals surface area contributed by atoms with Crippen LogP contribution >= 0.6 is 0 Å². The zero-order valence-electron chi connectivity index (χ0n) is 11.7. The van der Waals surface area contributed by atoms with E-state index in [1.807, 2.05) is 0 Å². The third-order valence-electron chi connectivity index (χ3n) is 2.93. The van der Waals surface area contributed by atoms with Gasteiger partial charge in [0.05, 0.1) is 5.56 Å². The van der Waals surface area contributed by atoms with Gasteiger partial charge in [0.15, 0.2) is 0 Å². The van der Waals surface area contributed by atoms with E-state index in [1.165, 1.54) is 18.2 Å². The van der Waals surface area contributed by atoms with E-state index < -0.39 is 35.5 Å². The van der Waals surface area contributed by atoms with Gasteiger partial charge in [-0.25, -0.2) is 0 Å². The number of halogens is 3. The third-order valence-corrected chi connectivity index (χ3v) is 2.93. The first-order valence-corrected chi connectivity index (χ1v) is 6.37. The van der Waals surface area contributed by atoms with Crippen molar-refractivity contribution in [2.24, 2.45) is 11.7 Å². The summed E-state index contributed by atoms with van der Waals surface area (Å²) in [6.07, 6.45) is -4.83. The standard InChI is InChI=1S/C14H17F3N2O2/c1-8(2)13(21)19-11(12(18)20)7-9-5-3-4-6-10(9)14(15,16)17/h3-6,8,11H,7H2,1-2H3,(H2,18,20)(H,19,21)/t11-/m0/s1. The van der Waals surface area contributed by atoms with E-state index >= 15 is 0 Å². The van der Waals surface area contributed by atoms with E-state index in [0.29, 0.717) is 0 Å². The average Bonchev–Trinajstić information content (AvgIpc) is 2.36. The molecule has 7 heteroatoms. The molecule has 0 unspecified atom stereocenters. The summed E-state index contributed by atoms with van der Waals surface area (Å²) in [4.78, 5) is 22.9. The quantitative estimate of drug-likeness (QED) is 0.871. The molecule has 0 saturated carbocycles. The van der Waals surface area contributed by atoms with Gasteiger partial charge >= 0.3 is 6.18 Å². The van der Waals surface area contributed by atoms with Crippen molar-refractivity contribution in [1.82, 2.24) is 5.32 Å². The van der Waals surface area contributed by atoms with Crippen molar-refractivity contribution in [3.05, 3.63) is 35.4 Å². The number of nitrogens with two attached hydrogens (primary N) is 1. The molecule has 0 spiro atoms. The summed E-state index contributed by atoms with van der Waals surface area (Å²) in [6, 6.07) is 3.71. The topological polar surface area (TPSA) is 72.2 Å². The SMILES string of the molecule is CC(C)C(=O)N[C@@H](Cc1ccccc1C(F)(F)F)C(N)=O. The van der Waals surface area contributed by atoms with E-state index in [9.17, 15) is 22.8 Å². The number of hydrogen-bond donors (Lipinski definition) is 2. The zero-order chi connectivity index (χ0) is 16.2. The summed E-state index contributed by atoms with van der Waals surface area (Å²) in [5.41, 5.74) is 4.23. The van der Waals surface area contributed by atoms with Crippen molar-refractivity contribution < 1.29 is 22.8 Å². The predicted molar refractivity (Wildman–Crippen MR) is 71.1 cm³/mol. The Morgan fingerprint density at radius 3 is 2.29 bits per heavy atom. The van der Waals surface area contributed by atoms with Crippen LogP contribution < -0.4 is 11.1 Å². The van der Waals surface area contributed by atoms with Gasteiger partial charge in [-0.15, -0.1) is 0 Å². The van der Waals surface area contributed by atoms with Crippen LogP contribution in [-0.4, -0.2) is 17.9 Å². The first-order chi connectivity index (χ1) is 9.62. The van der Waals surface area contributed by atoms with Crippen molar-refractivity contribution in [2.75, 3.05) is 0 Å². The van der Waals surface area contributed by atoms with Crippen molar-refractivity contribution in [1.29, 1.82) is 0 Å². The minimum atomic E-state index is -4.53. The molecule has 0 fully saturated rings. The van der Waals surface area contributed by atoms with Gasteiger partial charge in [-0.2, -0.15) is 13.2 Å². The molecule has 0 saturated heterocycles. The Hall–Kier alpha value is -2.05. The maximum atomic E-state index is 12.9. The van der Waals surface area contributed by atoms with Crippen LogP contribution in [0.1, 0.15) is 25.0 Å². The number of hydrogen-bond acceptors (Lipinski definition) is 2. The minimum Gasteiger partial charge on any atom is -0.368 e. The lowest BCUT2D eigenvalue weighted by molar-refractivity contribution is -0.138. The van der Waals surface area contributed by atoms with Gasteiger partial charge in [0, 0.05) is 12.3 Å². The van der Waals surface area contributed by atoms with E-state index in [2.05, 4.69) is 5.32 Å². The van der Waals surface area contributed by atoms with Crippen molar-refractivity contribution in [2.45, 2.75) is 32.5 Å². The van der Waals surface area contributed by atoms with Gasteiger partial charge in [-0.3, -0.25) is 9.59 Å². The molecule has 2 amide bonds. The van der Waals surface area contributed by atoms with Gasteiger partial charge in [0.2, 0.25) is 11.8 Å². The summed E-state index contributed by atoms with van der Waals surface area (Å²) in [6.45, 7) is 3.22. The largest absolute Gasteiger partial charge is 0.416 e. The molecule has 3 N–H and O–H groups in total. The second kappa shape index (κ2) is 6.60. The highest BCUT2D eigenvalue weighted by atomic mass is 19.4. The second-order valence-electron chi connectivity index (χ2n) is 4.98. The molecule has 21 heavy (non-hydrogen) atoms. The fourth-order valence-electron chi connectivity index (χ4n) is 1.76. The monoisotopic (exact) mass is 302 g/mol. The number of carbonyl (C=O) groups is 2. The van der Waals surface area contributed by atoms with Crippen molar-refractivity contribution in [3.8, 4) is 0 Å². The predicted octanol–water partition coefficient (Wildman–Crippen LogP) is 1.87. The maximum Gasteiger partial charge on any atom is 0.416 e. The number of nitrogens with one attached hydrogen (secondary N) is 1. The molecule has 0 aliphatic heterocycles. The van der Waals surface area contributed by atoms with Crippen LogP contribution in [0.4, 0.5) is 13.2 Å². The summed E-state index contributed by atoms with van der Waals surface area (Å²) < 4.78 is 38.7. The molecule has 1 aromatic rings. The van der Waals surface area contributed by atoms with Crippen LogP contribution in [-0.2, 0) is 22.2 Å². The van der Waals surface area contributed by atoms with Gasteiger partial charge in [-0.1, -0.05) is 32.0 Å². The number of carbonyl (C=O) groups excluding carboxylic acids is 2. The summed E-state index contributed by atoms with van der Waals surface area (Å²) in [5.74, 6) is -1.71. The lowest BCUT2D eigenvalue weighted by Gasteiger charge is -2.19. The Labute approximate surface area is 120 Å².